The van der Waals surface area contributed by atoms with E-state index < -0.39 is 0 Å². The molecule has 0 aliphatic rings. The van der Waals surface area contributed by atoms with Gasteiger partial charge in [0.2, 0.25) is 0 Å². The zero-order chi connectivity index (χ0) is 13.4. The van der Waals surface area contributed by atoms with Crippen molar-refractivity contribution in [2.75, 3.05) is 25.5 Å². The van der Waals surface area contributed by atoms with Gasteiger partial charge in [-0.25, -0.2) is 0 Å². The lowest BCUT2D eigenvalue weighted by Gasteiger charge is -2.08. The minimum absolute atomic E-state index is 0.149. The van der Waals surface area contributed by atoms with Gasteiger partial charge in [0.15, 0.2) is 0 Å². The van der Waals surface area contributed by atoms with Gasteiger partial charge in [0, 0.05) is 29.9 Å². The molecule has 1 aromatic rings. The van der Waals surface area contributed by atoms with E-state index in [2.05, 4.69) is 28.2 Å². The highest BCUT2D eigenvalue weighted by Gasteiger charge is 2.09. The maximum absolute atomic E-state index is 11.9. The van der Waals surface area contributed by atoms with Gasteiger partial charge >= 0.3 is 0 Å². The van der Waals surface area contributed by atoms with Crippen molar-refractivity contribution in [1.82, 2.24) is 5.32 Å². The first-order valence-corrected chi connectivity index (χ1v) is 6.85. The van der Waals surface area contributed by atoms with E-state index in [1.165, 1.54) is 0 Å². The lowest BCUT2D eigenvalue weighted by molar-refractivity contribution is 0.0942. The third-order valence-corrected chi connectivity index (χ3v) is 2.85. The molecule has 0 aliphatic carbocycles. The van der Waals surface area contributed by atoms with Crippen LogP contribution in [0.2, 0.25) is 0 Å². The molecule has 18 heavy (non-hydrogen) atoms. The normalized spacial score (nSPS) is 10.3. The molecule has 0 heterocycles. The molecule has 0 saturated carbocycles. The summed E-state index contributed by atoms with van der Waals surface area (Å²) in [6.45, 7) is 4.10. The van der Waals surface area contributed by atoms with E-state index in [9.17, 15) is 4.79 Å². The van der Waals surface area contributed by atoms with Crippen molar-refractivity contribution in [2.24, 2.45) is 0 Å². The SMILES string of the molecule is CCCOCCCNC(=O)c1cc(Br)ccc1N. The lowest BCUT2D eigenvalue weighted by Crippen LogP contribution is -2.26. The van der Waals surface area contributed by atoms with Crippen LogP contribution in [0, 0.1) is 0 Å². The third-order valence-electron chi connectivity index (χ3n) is 2.36. The van der Waals surface area contributed by atoms with Crippen LogP contribution in [-0.4, -0.2) is 25.7 Å². The minimum atomic E-state index is -0.149. The average molecular weight is 315 g/mol. The number of carbonyl (C=O) groups excluding carboxylic acids is 1. The Balaban J connectivity index is 2.34. The summed E-state index contributed by atoms with van der Waals surface area (Å²) in [6, 6.07) is 5.24. The number of rotatable bonds is 7. The highest BCUT2D eigenvalue weighted by Crippen LogP contribution is 2.18. The smallest absolute Gasteiger partial charge is 0.253 e. The molecule has 4 nitrogen and oxygen atoms in total. The Bertz CT molecular complexity index is 397. The van der Waals surface area contributed by atoms with Crippen LogP contribution in [0.25, 0.3) is 0 Å². The Kier molecular flexibility index (Phi) is 6.75. The summed E-state index contributed by atoms with van der Waals surface area (Å²) in [7, 11) is 0. The van der Waals surface area contributed by atoms with Crippen LogP contribution in [-0.2, 0) is 4.74 Å². The first-order valence-electron chi connectivity index (χ1n) is 6.06. The van der Waals surface area contributed by atoms with Crippen molar-refractivity contribution in [2.45, 2.75) is 19.8 Å². The molecule has 0 bridgehead atoms. The minimum Gasteiger partial charge on any atom is -0.398 e. The maximum Gasteiger partial charge on any atom is 0.253 e. The summed E-state index contributed by atoms with van der Waals surface area (Å²) >= 11 is 3.32. The van der Waals surface area contributed by atoms with Gasteiger partial charge in [-0.2, -0.15) is 0 Å². The van der Waals surface area contributed by atoms with Crippen molar-refractivity contribution in [3.05, 3.63) is 28.2 Å². The molecule has 0 saturated heterocycles. The van der Waals surface area contributed by atoms with Crippen molar-refractivity contribution in [3.63, 3.8) is 0 Å². The van der Waals surface area contributed by atoms with Crippen molar-refractivity contribution in [3.8, 4) is 0 Å². The average Bonchev–Trinajstić information content (AvgIpc) is 2.36. The number of nitrogen functional groups attached to an aromatic ring is 1. The van der Waals surface area contributed by atoms with Gasteiger partial charge in [-0.1, -0.05) is 22.9 Å². The third kappa shape index (κ3) is 5.06. The number of amides is 1. The zero-order valence-electron chi connectivity index (χ0n) is 10.5. The Labute approximate surface area is 116 Å². The summed E-state index contributed by atoms with van der Waals surface area (Å²) in [5, 5.41) is 2.82. The van der Waals surface area contributed by atoms with Gasteiger partial charge in [0.05, 0.1) is 5.56 Å². The first kappa shape index (κ1) is 15.0. The number of anilines is 1. The fourth-order valence-electron chi connectivity index (χ4n) is 1.44. The quantitative estimate of drug-likeness (QED) is 0.600. The number of halogens is 1. The monoisotopic (exact) mass is 314 g/mol. The number of ether oxygens (including phenoxy) is 1. The van der Waals surface area contributed by atoms with Crippen molar-refractivity contribution >= 4 is 27.5 Å². The number of hydrogen-bond acceptors (Lipinski definition) is 3. The fourth-order valence-corrected chi connectivity index (χ4v) is 1.80. The molecule has 100 valence electrons. The molecule has 0 aliphatic heterocycles. The second-order valence-corrected chi connectivity index (χ2v) is 4.87. The standard InChI is InChI=1S/C13H19BrN2O2/c1-2-7-18-8-3-6-16-13(17)11-9-10(14)4-5-12(11)15/h4-5,9H,2-3,6-8,15H2,1H3,(H,16,17). The summed E-state index contributed by atoms with van der Waals surface area (Å²) in [4.78, 5) is 11.9. The molecule has 5 heteroatoms. The second kappa shape index (κ2) is 8.11. The maximum atomic E-state index is 11.9. The van der Waals surface area contributed by atoms with E-state index in [4.69, 9.17) is 10.5 Å². The van der Waals surface area contributed by atoms with Gasteiger partial charge in [-0.3, -0.25) is 4.79 Å². The van der Waals surface area contributed by atoms with Crippen LogP contribution in [0.1, 0.15) is 30.1 Å². The van der Waals surface area contributed by atoms with E-state index in [1.807, 2.05) is 6.07 Å². The van der Waals surface area contributed by atoms with E-state index in [-0.39, 0.29) is 5.91 Å². The molecule has 0 spiro atoms. The summed E-state index contributed by atoms with van der Waals surface area (Å²) in [6.07, 6.45) is 1.82. The largest absolute Gasteiger partial charge is 0.398 e. The second-order valence-electron chi connectivity index (χ2n) is 3.95. The van der Waals surface area contributed by atoms with E-state index in [0.717, 1.165) is 23.9 Å². The first-order chi connectivity index (χ1) is 8.65. The van der Waals surface area contributed by atoms with Gasteiger partial charge < -0.3 is 15.8 Å². The Morgan fingerprint density at radius 3 is 2.94 bits per heavy atom. The molecule has 0 fully saturated rings. The summed E-state index contributed by atoms with van der Waals surface area (Å²) in [5.41, 5.74) is 6.74. The Hall–Kier alpha value is -1.07. The lowest BCUT2D eigenvalue weighted by atomic mass is 10.1. The number of hydrogen-bond donors (Lipinski definition) is 2. The summed E-state index contributed by atoms with van der Waals surface area (Å²) < 4.78 is 6.17. The van der Waals surface area contributed by atoms with Crippen molar-refractivity contribution in [1.29, 1.82) is 0 Å². The van der Waals surface area contributed by atoms with Gasteiger partial charge in [0.1, 0.15) is 0 Å². The number of carbonyl (C=O) groups is 1. The molecule has 1 aromatic carbocycles. The molecule has 0 aromatic heterocycles. The van der Waals surface area contributed by atoms with Crippen LogP contribution >= 0.6 is 15.9 Å². The van der Waals surface area contributed by atoms with Crippen LogP contribution < -0.4 is 11.1 Å². The highest BCUT2D eigenvalue weighted by molar-refractivity contribution is 9.10. The van der Waals surface area contributed by atoms with Crippen molar-refractivity contribution < 1.29 is 9.53 Å². The van der Waals surface area contributed by atoms with E-state index in [1.54, 1.807) is 12.1 Å². The van der Waals surface area contributed by atoms with E-state index in [0.29, 0.717) is 24.4 Å². The fraction of sp³-hybridized carbons (Fsp3) is 0.462. The Morgan fingerprint density at radius 2 is 2.22 bits per heavy atom. The summed E-state index contributed by atoms with van der Waals surface area (Å²) in [5.74, 6) is -0.149. The number of nitrogens with one attached hydrogen (secondary N) is 1. The highest BCUT2D eigenvalue weighted by atomic mass is 79.9. The molecular formula is C13H19BrN2O2. The molecular weight excluding hydrogens is 296 g/mol. The molecule has 0 atom stereocenters. The van der Waals surface area contributed by atoms with Gasteiger partial charge in [-0.15, -0.1) is 0 Å². The molecule has 0 radical (unpaired) electrons. The van der Waals surface area contributed by atoms with Gasteiger partial charge in [-0.05, 0) is 31.0 Å². The topological polar surface area (TPSA) is 64.3 Å². The van der Waals surface area contributed by atoms with Crippen LogP contribution in [0.5, 0.6) is 0 Å². The molecule has 1 rings (SSSR count). The van der Waals surface area contributed by atoms with E-state index >= 15 is 0 Å². The predicted molar refractivity (Wildman–Crippen MR) is 76.6 cm³/mol. The predicted octanol–water partition coefficient (Wildman–Crippen LogP) is 2.58. The molecule has 0 unspecified atom stereocenters. The molecule has 3 N–H and O–H groups in total. The van der Waals surface area contributed by atoms with Gasteiger partial charge in [0.25, 0.3) is 5.91 Å². The zero-order valence-corrected chi connectivity index (χ0v) is 12.1. The number of nitrogens with two attached hydrogens (primary N) is 1. The molecule has 1 amide bonds. The van der Waals surface area contributed by atoms with Crippen LogP contribution in [0.15, 0.2) is 22.7 Å². The van der Waals surface area contributed by atoms with Crippen LogP contribution in [0.4, 0.5) is 5.69 Å². The van der Waals surface area contributed by atoms with Crippen LogP contribution in [0.3, 0.4) is 0 Å². The number of benzene rings is 1. The Morgan fingerprint density at radius 1 is 1.44 bits per heavy atom.